The first-order chi connectivity index (χ1) is 8.95. The van der Waals surface area contributed by atoms with E-state index in [9.17, 15) is 14.7 Å². The monoisotopic (exact) mass is 274 g/mol. The molecule has 0 radical (unpaired) electrons. The van der Waals surface area contributed by atoms with Gasteiger partial charge in [-0.15, -0.1) is 0 Å². The zero-order chi connectivity index (χ0) is 14.4. The van der Waals surface area contributed by atoms with Crippen LogP contribution in [0, 0.1) is 5.92 Å². The first kappa shape index (κ1) is 15.7. The van der Waals surface area contributed by atoms with Crippen LogP contribution in [-0.4, -0.2) is 65.6 Å². The molecule has 2 amide bonds. The number of amides is 2. The van der Waals surface area contributed by atoms with Crippen molar-refractivity contribution in [3.8, 4) is 0 Å². The highest BCUT2D eigenvalue weighted by Crippen LogP contribution is 2.09. The molecule has 0 bridgehead atoms. The lowest BCUT2D eigenvalue weighted by atomic mass is 10.0. The quantitative estimate of drug-likeness (QED) is 0.649. The summed E-state index contributed by atoms with van der Waals surface area (Å²) in [6, 6.07) is -1.78. The van der Waals surface area contributed by atoms with E-state index in [1.54, 1.807) is 0 Å². The SMILES string of the molecule is CC(C)CC(NC(=O)N1CCOCC1CO)C(=O)O. The average molecular weight is 274 g/mol. The van der Waals surface area contributed by atoms with E-state index in [1.165, 1.54) is 4.90 Å². The fraction of sp³-hybridized carbons (Fsp3) is 0.833. The van der Waals surface area contributed by atoms with Crippen LogP contribution in [0.5, 0.6) is 0 Å². The Morgan fingerprint density at radius 2 is 2.16 bits per heavy atom. The zero-order valence-corrected chi connectivity index (χ0v) is 11.3. The molecule has 0 spiro atoms. The average Bonchev–Trinajstić information content (AvgIpc) is 2.37. The smallest absolute Gasteiger partial charge is 0.326 e. The van der Waals surface area contributed by atoms with Crippen LogP contribution in [0.15, 0.2) is 0 Å². The number of aliphatic hydroxyl groups is 1. The second-order valence-corrected chi connectivity index (χ2v) is 5.07. The Kier molecular flexibility index (Phi) is 6.04. The van der Waals surface area contributed by atoms with Crippen LogP contribution in [0.3, 0.4) is 0 Å². The number of carboxylic acids is 1. The lowest BCUT2D eigenvalue weighted by Crippen LogP contribution is -2.56. The van der Waals surface area contributed by atoms with Crippen LogP contribution in [0.4, 0.5) is 4.79 Å². The Morgan fingerprint density at radius 1 is 1.47 bits per heavy atom. The van der Waals surface area contributed by atoms with Crippen molar-refractivity contribution in [1.29, 1.82) is 0 Å². The molecule has 1 fully saturated rings. The third kappa shape index (κ3) is 4.68. The summed E-state index contributed by atoms with van der Waals surface area (Å²) in [6.07, 6.45) is 0.370. The highest BCUT2D eigenvalue weighted by Gasteiger charge is 2.30. The molecule has 1 rings (SSSR count). The Morgan fingerprint density at radius 3 is 2.68 bits per heavy atom. The number of hydrogen-bond donors (Lipinski definition) is 3. The van der Waals surface area contributed by atoms with Crippen molar-refractivity contribution in [3.63, 3.8) is 0 Å². The molecule has 110 valence electrons. The number of carboxylic acid groups (broad SMARTS) is 1. The number of urea groups is 1. The molecule has 0 aromatic rings. The molecule has 1 heterocycles. The second-order valence-electron chi connectivity index (χ2n) is 5.07. The molecule has 0 saturated carbocycles. The lowest BCUT2D eigenvalue weighted by molar-refractivity contribution is -0.139. The third-order valence-corrected chi connectivity index (χ3v) is 3.00. The Bertz CT molecular complexity index is 321. The molecule has 1 saturated heterocycles. The number of aliphatic carboxylic acids is 1. The van der Waals surface area contributed by atoms with Gasteiger partial charge in [-0.2, -0.15) is 0 Å². The van der Waals surface area contributed by atoms with E-state index in [1.807, 2.05) is 13.8 Å². The Balaban J connectivity index is 2.62. The van der Waals surface area contributed by atoms with Gasteiger partial charge in [0.25, 0.3) is 0 Å². The molecule has 19 heavy (non-hydrogen) atoms. The summed E-state index contributed by atoms with van der Waals surface area (Å²) in [5.41, 5.74) is 0. The number of aliphatic hydroxyl groups excluding tert-OH is 1. The topological polar surface area (TPSA) is 99.1 Å². The zero-order valence-electron chi connectivity index (χ0n) is 11.3. The van der Waals surface area contributed by atoms with Gasteiger partial charge >= 0.3 is 12.0 Å². The van der Waals surface area contributed by atoms with Crippen LogP contribution in [0.1, 0.15) is 20.3 Å². The minimum Gasteiger partial charge on any atom is -0.480 e. The van der Waals surface area contributed by atoms with Gasteiger partial charge in [0.2, 0.25) is 0 Å². The second kappa shape index (κ2) is 7.30. The van der Waals surface area contributed by atoms with Crippen LogP contribution in [0.25, 0.3) is 0 Å². The summed E-state index contributed by atoms with van der Waals surface area (Å²) in [4.78, 5) is 24.6. The highest BCUT2D eigenvalue weighted by atomic mass is 16.5. The highest BCUT2D eigenvalue weighted by molar-refractivity contribution is 5.82. The van der Waals surface area contributed by atoms with Gasteiger partial charge in [0, 0.05) is 6.54 Å². The summed E-state index contributed by atoms with van der Waals surface area (Å²) in [5, 5.41) is 20.8. The van der Waals surface area contributed by atoms with Gasteiger partial charge < -0.3 is 25.2 Å². The summed E-state index contributed by atoms with van der Waals surface area (Å²) in [5.74, 6) is -0.879. The molecule has 2 atom stereocenters. The van der Waals surface area contributed by atoms with Gasteiger partial charge in [-0.1, -0.05) is 13.8 Å². The minimum absolute atomic E-state index is 0.166. The van der Waals surface area contributed by atoms with Crippen molar-refractivity contribution in [2.24, 2.45) is 5.92 Å². The van der Waals surface area contributed by atoms with E-state index in [2.05, 4.69) is 5.32 Å². The van der Waals surface area contributed by atoms with Crippen molar-refractivity contribution in [1.82, 2.24) is 10.2 Å². The number of carbonyl (C=O) groups excluding carboxylic acids is 1. The van der Waals surface area contributed by atoms with Gasteiger partial charge in [-0.05, 0) is 12.3 Å². The standard InChI is InChI=1S/C12H22N2O5/c1-8(2)5-10(11(16)17)13-12(18)14-3-4-19-7-9(14)6-15/h8-10,15H,3-7H2,1-2H3,(H,13,18)(H,16,17). The van der Waals surface area contributed by atoms with E-state index < -0.39 is 24.1 Å². The van der Waals surface area contributed by atoms with Gasteiger partial charge in [0.1, 0.15) is 6.04 Å². The molecule has 0 aromatic carbocycles. The van der Waals surface area contributed by atoms with Gasteiger partial charge in [0.15, 0.2) is 0 Å². The van der Waals surface area contributed by atoms with Crippen LogP contribution in [-0.2, 0) is 9.53 Å². The third-order valence-electron chi connectivity index (χ3n) is 3.00. The number of morpholine rings is 1. The van der Waals surface area contributed by atoms with Crippen molar-refractivity contribution in [2.75, 3.05) is 26.4 Å². The van der Waals surface area contributed by atoms with E-state index in [0.717, 1.165) is 0 Å². The molecule has 1 aliphatic rings. The van der Waals surface area contributed by atoms with E-state index in [-0.39, 0.29) is 19.1 Å². The van der Waals surface area contributed by atoms with Gasteiger partial charge in [-0.25, -0.2) is 9.59 Å². The minimum atomic E-state index is -1.05. The summed E-state index contributed by atoms with van der Waals surface area (Å²) in [6.45, 7) is 4.61. The maximum Gasteiger partial charge on any atom is 0.326 e. The van der Waals surface area contributed by atoms with E-state index in [4.69, 9.17) is 9.84 Å². The number of hydrogen-bond acceptors (Lipinski definition) is 4. The van der Waals surface area contributed by atoms with E-state index in [0.29, 0.717) is 19.6 Å². The predicted molar refractivity (Wildman–Crippen MR) is 67.8 cm³/mol. The Hall–Kier alpha value is -1.34. The fourth-order valence-electron chi connectivity index (χ4n) is 2.00. The molecule has 0 aromatic heterocycles. The van der Waals surface area contributed by atoms with Crippen molar-refractivity contribution in [3.05, 3.63) is 0 Å². The molecular weight excluding hydrogens is 252 g/mol. The molecule has 0 aliphatic carbocycles. The number of carbonyl (C=O) groups is 2. The van der Waals surface area contributed by atoms with Gasteiger partial charge in [-0.3, -0.25) is 0 Å². The summed E-state index contributed by atoms with van der Waals surface area (Å²) >= 11 is 0. The first-order valence-corrected chi connectivity index (χ1v) is 6.44. The largest absolute Gasteiger partial charge is 0.480 e. The van der Waals surface area contributed by atoms with Crippen molar-refractivity contribution < 1.29 is 24.5 Å². The van der Waals surface area contributed by atoms with Crippen LogP contribution >= 0.6 is 0 Å². The predicted octanol–water partition coefficient (Wildman–Crippen LogP) is -0.112. The first-order valence-electron chi connectivity index (χ1n) is 6.44. The van der Waals surface area contributed by atoms with E-state index >= 15 is 0 Å². The molecule has 2 unspecified atom stereocenters. The number of nitrogens with one attached hydrogen (secondary N) is 1. The van der Waals surface area contributed by atoms with Crippen LogP contribution < -0.4 is 5.32 Å². The maximum absolute atomic E-state index is 12.0. The van der Waals surface area contributed by atoms with Crippen LogP contribution in [0.2, 0.25) is 0 Å². The molecule has 7 nitrogen and oxygen atoms in total. The van der Waals surface area contributed by atoms with Crippen molar-refractivity contribution in [2.45, 2.75) is 32.4 Å². The number of nitrogens with zero attached hydrogens (tertiary/aromatic N) is 1. The summed E-state index contributed by atoms with van der Waals surface area (Å²) < 4.78 is 5.17. The fourth-order valence-corrected chi connectivity index (χ4v) is 2.00. The lowest BCUT2D eigenvalue weighted by Gasteiger charge is -2.35. The normalized spacial score (nSPS) is 21.3. The molecule has 3 N–H and O–H groups in total. The molecule has 7 heteroatoms. The Labute approximate surface area is 112 Å². The maximum atomic E-state index is 12.0. The molecule has 1 aliphatic heterocycles. The van der Waals surface area contributed by atoms with Gasteiger partial charge in [0.05, 0.1) is 25.9 Å². The van der Waals surface area contributed by atoms with Crippen molar-refractivity contribution >= 4 is 12.0 Å². The molecular formula is C12H22N2O5. The summed E-state index contributed by atoms with van der Waals surface area (Å²) in [7, 11) is 0. The number of rotatable bonds is 5. The number of ether oxygens (including phenoxy) is 1.